The largest absolute Gasteiger partial charge is 0.311 e. The number of carbonyl (C=O) groups is 3. The number of carbonyl (C=O) groups excluding carboxylic acids is 3. The van der Waals surface area contributed by atoms with Gasteiger partial charge in [-0.15, -0.1) is 0 Å². The van der Waals surface area contributed by atoms with Crippen LogP contribution in [-0.4, -0.2) is 24.1 Å². The first-order valence-electron chi connectivity index (χ1n) is 7.53. The molecule has 2 aliphatic heterocycles. The number of anilines is 2. The number of likely N-dealkylation sites (N-methyl/N-ethyl adjacent to an activating group) is 1. The van der Waals surface area contributed by atoms with Crippen LogP contribution < -0.4 is 9.80 Å². The minimum Gasteiger partial charge on any atom is -0.311 e. The van der Waals surface area contributed by atoms with Crippen molar-refractivity contribution in [1.29, 1.82) is 0 Å². The Kier molecular flexibility index (Phi) is 4.06. The highest BCUT2D eigenvalue weighted by Gasteiger charge is 2.43. The second-order valence-electron chi connectivity index (χ2n) is 5.69. The van der Waals surface area contributed by atoms with Gasteiger partial charge >= 0.3 is 0 Å². The molecule has 0 atom stereocenters. The monoisotopic (exact) mass is 404 g/mol. The highest BCUT2D eigenvalue weighted by molar-refractivity contribution is 8.19. The predicted molar refractivity (Wildman–Crippen MR) is 104 cm³/mol. The Balaban J connectivity index is 1.84. The average Bonchev–Trinajstić information content (AvgIpc) is 3.04. The molecular weight excluding hydrogens is 395 g/mol. The molecule has 0 saturated carbocycles. The number of rotatable bonds is 1. The fraction of sp³-hybridized carbons (Fsp3) is 0.0556. The molecule has 3 amide bonds. The van der Waals surface area contributed by atoms with Gasteiger partial charge in [0.1, 0.15) is 0 Å². The molecule has 0 aliphatic carbocycles. The van der Waals surface area contributed by atoms with Crippen LogP contribution in [0.4, 0.5) is 16.2 Å². The molecule has 8 heteroatoms. The van der Waals surface area contributed by atoms with E-state index in [9.17, 15) is 14.4 Å². The number of benzene rings is 2. The van der Waals surface area contributed by atoms with Gasteiger partial charge in [0.2, 0.25) is 0 Å². The van der Waals surface area contributed by atoms with Crippen molar-refractivity contribution < 1.29 is 14.4 Å². The Bertz CT molecular complexity index is 1030. The second kappa shape index (κ2) is 6.16. The molecule has 26 heavy (non-hydrogen) atoms. The summed E-state index contributed by atoms with van der Waals surface area (Å²) < 4.78 is 0. The van der Waals surface area contributed by atoms with Crippen molar-refractivity contribution in [3.63, 3.8) is 0 Å². The summed E-state index contributed by atoms with van der Waals surface area (Å²) in [4.78, 5) is 40.7. The molecule has 2 aromatic rings. The van der Waals surface area contributed by atoms with Crippen LogP contribution in [0.5, 0.6) is 0 Å². The van der Waals surface area contributed by atoms with E-state index in [-0.39, 0.29) is 21.4 Å². The van der Waals surface area contributed by atoms with Gasteiger partial charge in [0, 0.05) is 12.6 Å². The van der Waals surface area contributed by atoms with Gasteiger partial charge in [-0.2, -0.15) is 0 Å². The molecule has 1 saturated heterocycles. The third kappa shape index (κ3) is 2.45. The molecule has 0 spiro atoms. The van der Waals surface area contributed by atoms with Gasteiger partial charge in [-0.05, 0) is 36.0 Å². The lowest BCUT2D eigenvalue weighted by Crippen LogP contribution is -2.28. The molecule has 130 valence electrons. The zero-order valence-electron chi connectivity index (χ0n) is 13.3. The number of amides is 3. The molecule has 0 N–H and O–H groups in total. The van der Waals surface area contributed by atoms with E-state index in [0.717, 1.165) is 16.7 Å². The number of para-hydroxylation sites is 1. The maximum absolute atomic E-state index is 12.9. The normalized spacial score (nSPS) is 19.6. The number of halogens is 2. The molecule has 5 nitrogen and oxygen atoms in total. The molecule has 4 rings (SSSR count). The summed E-state index contributed by atoms with van der Waals surface area (Å²) in [5.41, 5.74) is 1.90. The Labute approximate surface area is 163 Å². The van der Waals surface area contributed by atoms with Crippen LogP contribution >= 0.6 is 35.0 Å². The maximum atomic E-state index is 12.9. The number of nitrogens with zero attached hydrogens (tertiary/aromatic N) is 2. The molecular formula is C18H10Cl2N2O3S. The summed E-state index contributed by atoms with van der Waals surface area (Å²) in [5, 5.41) is 0.0656. The van der Waals surface area contributed by atoms with Gasteiger partial charge in [-0.3, -0.25) is 14.4 Å². The van der Waals surface area contributed by atoms with Crippen molar-refractivity contribution in [2.45, 2.75) is 0 Å². The minimum absolute atomic E-state index is 0.114. The maximum Gasteiger partial charge on any atom is 0.298 e. The van der Waals surface area contributed by atoms with E-state index in [2.05, 4.69) is 0 Å². The highest BCUT2D eigenvalue weighted by atomic mass is 35.5. The molecule has 2 heterocycles. The molecule has 2 aromatic carbocycles. The Hall–Kier alpha value is -2.28. The van der Waals surface area contributed by atoms with E-state index < -0.39 is 11.1 Å². The van der Waals surface area contributed by atoms with Gasteiger partial charge in [-0.1, -0.05) is 41.4 Å². The van der Waals surface area contributed by atoms with Gasteiger partial charge in [0.15, 0.2) is 0 Å². The molecule has 0 radical (unpaired) electrons. The van der Waals surface area contributed by atoms with E-state index in [0.29, 0.717) is 22.0 Å². The number of thioether (sulfide) groups is 1. The summed E-state index contributed by atoms with van der Waals surface area (Å²) in [5.74, 6) is -0.863. The highest BCUT2D eigenvalue weighted by Crippen LogP contribution is 2.45. The number of hydrogen-bond acceptors (Lipinski definition) is 4. The van der Waals surface area contributed by atoms with Gasteiger partial charge in [-0.25, -0.2) is 4.90 Å². The third-order valence-corrected chi connectivity index (χ3v) is 5.89. The zero-order chi connectivity index (χ0) is 18.6. The Morgan fingerprint density at radius 3 is 2.38 bits per heavy atom. The summed E-state index contributed by atoms with van der Waals surface area (Å²) in [6.45, 7) is 0. The van der Waals surface area contributed by atoms with Crippen molar-refractivity contribution in [1.82, 2.24) is 0 Å². The molecule has 0 unspecified atom stereocenters. The van der Waals surface area contributed by atoms with Crippen LogP contribution in [0.15, 0.2) is 47.4 Å². The number of hydrogen-bond donors (Lipinski definition) is 0. The Morgan fingerprint density at radius 1 is 0.923 bits per heavy atom. The lowest BCUT2D eigenvalue weighted by Gasteiger charge is -2.13. The molecule has 1 fully saturated rings. The number of imide groups is 1. The Morgan fingerprint density at radius 2 is 1.65 bits per heavy atom. The standard InChI is InChI=1S/C18H10Cl2N2O3S/c1-21-13-5-3-2-4-10(13)14(16(21)23)15-17(24)22(18(25)26-15)9-6-7-11(19)12(20)8-9/h2-8H,1H3/b15-14-. The summed E-state index contributed by atoms with van der Waals surface area (Å²) in [6.07, 6.45) is 0. The molecule has 0 bridgehead atoms. The van der Waals surface area contributed by atoms with E-state index >= 15 is 0 Å². The molecule has 2 aliphatic rings. The fourth-order valence-electron chi connectivity index (χ4n) is 2.96. The summed E-state index contributed by atoms with van der Waals surface area (Å²) in [7, 11) is 1.64. The quantitative estimate of drug-likeness (QED) is 0.652. The fourth-order valence-corrected chi connectivity index (χ4v) is 4.18. The smallest absolute Gasteiger partial charge is 0.298 e. The van der Waals surface area contributed by atoms with Crippen LogP contribution in [0.3, 0.4) is 0 Å². The van der Waals surface area contributed by atoms with Crippen molar-refractivity contribution in [2.75, 3.05) is 16.8 Å². The third-order valence-electron chi connectivity index (χ3n) is 4.21. The average molecular weight is 405 g/mol. The van der Waals surface area contributed by atoms with Gasteiger partial charge < -0.3 is 4.90 Å². The van der Waals surface area contributed by atoms with Gasteiger partial charge in [0.05, 0.1) is 31.9 Å². The van der Waals surface area contributed by atoms with Crippen molar-refractivity contribution in [2.24, 2.45) is 0 Å². The zero-order valence-corrected chi connectivity index (χ0v) is 15.7. The van der Waals surface area contributed by atoms with E-state index in [1.165, 1.54) is 23.1 Å². The van der Waals surface area contributed by atoms with Crippen molar-refractivity contribution in [3.05, 3.63) is 63.0 Å². The van der Waals surface area contributed by atoms with Crippen LogP contribution in [0.2, 0.25) is 10.0 Å². The van der Waals surface area contributed by atoms with Crippen molar-refractivity contribution in [3.8, 4) is 0 Å². The predicted octanol–water partition coefficient (Wildman–Crippen LogP) is 4.58. The lowest BCUT2D eigenvalue weighted by atomic mass is 10.1. The summed E-state index contributed by atoms with van der Waals surface area (Å²) >= 11 is 12.6. The van der Waals surface area contributed by atoms with Crippen LogP contribution in [0.25, 0.3) is 5.57 Å². The number of fused-ring (bicyclic) bond motifs is 1. The van der Waals surface area contributed by atoms with Crippen LogP contribution in [-0.2, 0) is 9.59 Å². The SMILES string of the molecule is CN1C(=O)/C(=C2\SC(=O)N(c3ccc(Cl)c(Cl)c3)C2=O)c2ccccc21. The first-order chi connectivity index (χ1) is 12.4. The van der Waals surface area contributed by atoms with E-state index in [1.807, 2.05) is 6.07 Å². The van der Waals surface area contributed by atoms with Gasteiger partial charge in [0.25, 0.3) is 17.1 Å². The minimum atomic E-state index is -0.549. The van der Waals surface area contributed by atoms with Crippen LogP contribution in [0, 0.1) is 0 Å². The topological polar surface area (TPSA) is 57.7 Å². The summed E-state index contributed by atoms with van der Waals surface area (Å²) in [6, 6.07) is 11.7. The van der Waals surface area contributed by atoms with E-state index in [1.54, 1.807) is 25.2 Å². The van der Waals surface area contributed by atoms with Crippen molar-refractivity contribution >= 4 is 69.0 Å². The molecule has 0 aromatic heterocycles. The first kappa shape index (κ1) is 17.1. The van der Waals surface area contributed by atoms with Crippen LogP contribution in [0.1, 0.15) is 5.56 Å². The van der Waals surface area contributed by atoms with E-state index in [4.69, 9.17) is 23.2 Å². The second-order valence-corrected chi connectivity index (χ2v) is 7.47. The first-order valence-corrected chi connectivity index (χ1v) is 9.10. The lowest BCUT2D eigenvalue weighted by molar-refractivity contribution is -0.115.